The maximum Gasteiger partial charge on any atom is 0.237 e. The third kappa shape index (κ3) is 4.99. The van der Waals surface area contributed by atoms with Gasteiger partial charge in [-0.3, -0.25) is 9.59 Å². The Labute approximate surface area is 120 Å². The van der Waals surface area contributed by atoms with Gasteiger partial charge < -0.3 is 15.5 Å². The number of hydrogen-bond acceptors (Lipinski definition) is 3. The lowest BCUT2D eigenvalue weighted by molar-refractivity contribution is -0.132. The fraction of sp³-hybridized carbons (Fsp3) is 0.846. The molecule has 6 heteroatoms. The molecule has 2 amide bonds. The van der Waals surface area contributed by atoms with Crippen LogP contribution in [0.5, 0.6) is 0 Å². The van der Waals surface area contributed by atoms with Crippen LogP contribution in [0.2, 0.25) is 0 Å². The van der Waals surface area contributed by atoms with Crippen molar-refractivity contribution >= 4 is 24.2 Å². The maximum atomic E-state index is 11.9. The van der Waals surface area contributed by atoms with Crippen molar-refractivity contribution in [2.45, 2.75) is 44.6 Å². The largest absolute Gasteiger partial charge is 0.354 e. The van der Waals surface area contributed by atoms with Crippen LogP contribution < -0.4 is 10.6 Å². The lowest BCUT2D eigenvalue weighted by Gasteiger charge is -2.26. The summed E-state index contributed by atoms with van der Waals surface area (Å²) in [4.78, 5) is 25.5. The van der Waals surface area contributed by atoms with E-state index in [2.05, 4.69) is 10.6 Å². The van der Waals surface area contributed by atoms with Crippen molar-refractivity contribution in [2.24, 2.45) is 0 Å². The fourth-order valence-electron chi connectivity index (χ4n) is 2.63. The Morgan fingerprint density at radius 1 is 1.16 bits per heavy atom. The molecule has 2 fully saturated rings. The Morgan fingerprint density at radius 2 is 1.89 bits per heavy atom. The highest BCUT2D eigenvalue weighted by Gasteiger charge is 2.22. The summed E-state index contributed by atoms with van der Waals surface area (Å²) in [5, 5.41) is 6.00. The van der Waals surface area contributed by atoms with Crippen LogP contribution in [-0.4, -0.2) is 48.9 Å². The molecule has 2 saturated heterocycles. The van der Waals surface area contributed by atoms with Crippen molar-refractivity contribution in [3.8, 4) is 0 Å². The molecule has 0 saturated carbocycles. The average Bonchev–Trinajstić information content (AvgIpc) is 2.93. The SMILES string of the molecule is Cl.O=C(NCCC(=O)N1CCCCC1)C1CCCN1. The Balaban J connectivity index is 0.00000180. The van der Waals surface area contributed by atoms with E-state index in [0.717, 1.165) is 45.3 Å². The molecule has 19 heavy (non-hydrogen) atoms. The Hall–Kier alpha value is -0.810. The monoisotopic (exact) mass is 289 g/mol. The Morgan fingerprint density at radius 3 is 2.53 bits per heavy atom. The lowest BCUT2D eigenvalue weighted by Crippen LogP contribution is -2.42. The molecule has 0 aromatic rings. The molecule has 0 spiro atoms. The first-order chi connectivity index (χ1) is 8.77. The molecule has 1 atom stereocenters. The first kappa shape index (κ1) is 16.2. The molecule has 2 rings (SSSR count). The molecule has 0 aromatic heterocycles. The molecular formula is C13H24ClN3O2. The van der Waals surface area contributed by atoms with Gasteiger partial charge in [0.2, 0.25) is 11.8 Å². The number of piperidine rings is 1. The van der Waals surface area contributed by atoms with Crippen molar-refractivity contribution in [3.63, 3.8) is 0 Å². The van der Waals surface area contributed by atoms with Crippen LogP contribution in [0, 0.1) is 0 Å². The molecule has 0 aliphatic carbocycles. The number of halogens is 1. The molecule has 2 N–H and O–H groups in total. The fourth-order valence-corrected chi connectivity index (χ4v) is 2.63. The normalized spacial score (nSPS) is 22.7. The van der Waals surface area contributed by atoms with E-state index >= 15 is 0 Å². The molecule has 0 aromatic carbocycles. The lowest BCUT2D eigenvalue weighted by atomic mass is 10.1. The number of carbonyl (C=O) groups is 2. The topological polar surface area (TPSA) is 61.4 Å². The minimum Gasteiger partial charge on any atom is -0.354 e. The van der Waals surface area contributed by atoms with Gasteiger partial charge in [0.25, 0.3) is 0 Å². The number of nitrogens with one attached hydrogen (secondary N) is 2. The second-order valence-corrected chi connectivity index (χ2v) is 5.13. The van der Waals surface area contributed by atoms with Crippen LogP contribution in [0.4, 0.5) is 0 Å². The third-order valence-electron chi connectivity index (χ3n) is 3.72. The van der Waals surface area contributed by atoms with Crippen molar-refractivity contribution in [3.05, 3.63) is 0 Å². The van der Waals surface area contributed by atoms with Crippen molar-refractivity contribution in [1.82, 2.24) is 15.5 Å². The predicted molar refractivity (Wildman–Crippen MR) is 76.3 cm³/mol. The van der Waals surface area contributed by atoms with E-state index in [1.54, 1.807) is 0 Å². The van der Waals surface area contributed by atoms with E-state index in [1.165, 1.54) is 6.42 Å². The van der Waals surface area contributed by atoms with E-state index in [-0.39, 0.29) is 30.3 Å². The van der Waals surface area contributed by atoms with Crippen LogP contribution in [-0.2, 0) is 9.59 Å². The van der Waals surface area contributed by atoms with E-state index in [1.807, 2.05) is 4.90 Å². The molecule has 2 heterocycles. The first-order valence-corrected chi connectivity index (χ1v) is 7.06. The second kappa shape index (κ2) is 8.38. The van der Waals surface area contributed by atoms with E-state index in [9.17, 15) is 9.59 Å². The summed E-state index contributed by atoms with van der Waals surface area (Å²) in [5.74, 6) is 0.216. The zero-order valence-corrected chi connectivity index (χ0v) is 12.1. The molecule has 0 bridgehead atoms. The molecule has 5 nitrogen and oxygen atoms in total. The van der Waals surface area contributed by atoms with E-state index < -0.39 is 0 Å². The summed E-state index contributed by atoms with van der Waals surface area (Å²) in [6, 6.07) is -0.0462. The van der Waals surface area contributed by atoms with Gasteiger partial charge in [-0.25, -0.2) is 0 Å². The van der Waals surface area contributed by atoms with Crippen molar-refractivity contribution in [2.75, 3.05) is 26.2 Å². The number of likely N-dealkylation sites (tertiary alicyclic amines) is 1. The second-order valence-electron chi connectivity index (χ2n) is 5.13. The van der Waals surface area contributed by atoms with Gasteiger partial charge in [-0.05, 0) is 38.6 Å². The van der Waals surface area contributed by atoms with Crippen molar-refractivity contribution in [1.29, 1.82) is 0 Å². The molecule has 1 unspecified atom stereocenters. The van der Waals surface area contributed by atoms with Gasteiger partial charge in [-0.2, -0.15) is 0 Å². The van der Waals surface area contributed by atoms with Gasteiger partial charge in [0.05, 0.1) is 6.04 Å². The van der Waals surface area contributed by atoms with Gasteiger partial charge in [0.15, 0.2) is 0 Å². The highest BCUT2D eigenvalue weighted by molar-refractivity contribution is 5.85. The number of nitrogens with zero attached hydrogens (tertiary/aromatic N) is 1. The van der Waals surface area contributed by atoms with E-state index in [4.69, 9.17) is 0 Å². The van der Waals surface area contributed by atoms with Crippen molar-refractivity contribution < 1.29 is 9.59 Å². The summed E-state index contributed by atoms with van der Waals surface area (Å²) >= 11 is 0. The van der Waals surface area contributed by atoms with Gasteiger partial charge >= 0.3 is 0 Å². The van der Waals surface area contributed by atoms with Gasteiger partial charge in [0.1, 0.15) is 0 Å². The first-order valence-electron chi connectivity index (χ1n) is 7.06. The molecule has 2 aliphatic rings. The number of hydrogen-bond donors (Lipinski definition) is 2. The van der Waals surface area contributed by atoms with Crippen LogP contribution in [0.25, 0.3) is 0 Å². The minimum atomic E-state index is -0.0462. The average molecular weight is 290 g/mol. The summed E-state index contributed by atoms with van der Waals surface area (Å²) in [6.45, 7) is 3.16. The predicted octanol–water partition coefficient (Wildman–Crippen LogP) is 0.679. The van der Waals surface area contributed by atoms with Crippen LogP contribution >= 0.6 is 12.4 Å². The minimum absolute atomic E-state index is 0. The highest BCUT2D eigenvalue weighted by Crippen LogP contribution is 2.09. The Kier molecular flexibility index (Phi) is 7.16. The quantitative estimate of drug-likeness (QED) is 0.800. The molecule has 0 radical (unpaired) electrons. The maximum absolute atomic E-state index is 11.9. The van der Waals surface area contributed by atoms with Gasteiger partial charge in [0, 0.05) is 26.1 Å². The summed E-state index contributed by atoms with van der Waals surface area (Å²) < 4.78 is 0. The number of amides is 2. The summed E-state index contributed by atoms with van der Waals surface area (Å²) in [5.41, 5.74) is 0. The van der Waals surface area contributed by atoms with Crippen LogP contribution in [0.3, 0.4) is 0 Å². The van der Waals surface area contributed by atoms with Crippen LogP contribution in [0.15, 0.2) is 0 Å². The van der Waals surface area contributed by atoms with E-state index in [0.29, 0.717) is 13.0 Å². The Bertz CT molecular complexity index is 300. The van der Waals surface area contributed by atoms with Crippen LogP contribution in [0.1, 0.15) is 38.5 Å². The zero-order chi connectivity index (χ0) is 12.8. The zero-order valence-electron chi connectivity index (χ0n) is 11.3. The molecular weight excluding hydrogens is 266 g/mol. The number of carbonyl (C=O) groups excluding carboxylic acids is 2. The summed E-state index contributed by atoms with van der Waals surface area (Å²) in [6.07, 6.45) is 5.86. The molecule has 110 valence electrons. The summed E-state index contributed by atoms with van der Waals surface area (Å²) in [7, 11) is 0. The number of rotatable bonds is 4. The molecule has 2 aliphatic heterocycles. The van der Waals surface area contributed by atoms with Gasteiger partial charge in [-0.1, -0.05) is 0 Å². The third-order valence-corrected chi connectivity index (χ3v) is 3.72. The smallest absolute Gasteiger partial charge is 0.237 e. The van der Waals surface area contributed by atoms with Gasteiger partial charge in [-0.15, -0.1) is 12.4 Å². The standard InChI is InChI=1S/C13H23N3O2.ClH/c17-12(16-9-2-1-3-10-16)6-8-15-13(18)11-5-4-7-14-11;/h11,14H,1-10H2,(H,15,18);1H. The highest BCUT2D eigenvalue weighted by atomic mass is 35.5.